The number of aromatic nitrogens is 2. The number of para-hydroxylation sites is 1. The molecule has 2 N–H and O–H groups in total. The highest BCUT2D eigenvalue weighted by Gasteiger charge is 2.12. The number of benzene rings is 2. The summed E-state index contributed by atoms with van der Waals surface area (Å²) in [5, 5.41) is 6.36. The molecule has 150 valence electrons. The number of nitrogens with one attached hydrogen (secondary N) is 2. The predicted octanol–water partition coefficient (Wildman–Crippen LogP) is 4.85. The largest absolute Gasteiger partial charge is 0.491 e. The van der Waals surface area contributed by atoms with Crippen LogP contribution in [0.1, 0.15) is 29.9 Å². The van der Waals surface area contributed by atoms with Crippen LogP contribution in [0, 0.1) is 6.92 Å². The molecule has 0 aliphatic rings. The molecule has 7 nitrogen and oxygen atoms in total. The highest BCUT2D eigenvalue weighted by Crippen LogP contribution is 2.23. The first-order valence-electron chi connectivity index (χ1n) is 9.28. The number of hydrogen-bond donors (Lipinski definition) is 2. The summed E-state index contributed by atoms with van der Waals surface area (Å²) in [6.45, 7) is 5.86. The molecule has 0 unspecified atom stereocenters. The fraction of sp³-hybridized carbons (Fsp3) is 0.227. The van der Waals surface area contributed by atoms with Gasteiger partial charge in [0.05, 0.1) is 24.5 Å². The summed E-state index contributed by atoms with van der Waals surface area (Å²) in [4.78, 5) is 20.9. The number of esters is 1. The number of carbonyl (C=O) groups excluding carboxylic acids is 1. The summed E-state index contributed by atoms with van der Waals surface area (Å²) in [5.41, 5.74) is 2.64. The van der Waals surface area contributed by atoms with Gasteiger partial charge in [-0.25, -0.2) is 9.78 Å². The van der Waals surface area contributed by atoms with Crippen molar-refractivity contribution in [1.82, 2.24) is 9.97 Å². The van der Waals surface area contributed by atoms with Gasteiger partial charge < -0.3 is 20.1 Å². The molecule has 7 heteroatoms. The second-order valence-electron chi connectivity index (χ2n) is 6.70. The Hall–Kier alpha value is -3.61. The first-order valence-corrected chi connectivity index (χ1v) is 9.28. The van der Waals surface area contributed by atoms with Gasteiger partial charge in [0.25, 0.3) is 0 Å². The summed E-state index contributed by atoms with van der Waals surface area (Å²) < 4.78 is 10.5. The number of hydrogen-bond acceptors (Lipinski definition) is 7. The van der Waals surface area contributed by atoms with Crippen LogP contribution in [-0.2, 0) is 4.74 Å². The zero-order valence-electron chi connectivity index (χ0n) is 16.9. The van der Waals surface area contributed by atoms with Crippen LogP contribution in [0.5, 0.6) is 5.75 Å². The quantitative estimate of drug-likeness (QED) is 0.556. The van der Waals surface area contributed by atoms with Crippen LogP contribution in [0.4, 0.5) is 23.1 Å². The monoisotopic (exact) mass is 392 g/mol. The normalized spacial score (nSPS) is 10.5. The predicted molar refractivity (Wildman–Crippen MR) is 113 cm³/mol. The molecule has 0 amide bonds. The molecule has 3 aromatic rings. The number of nitrogens with zero attached hydrogens (tertiary/aromatic N) is 2. The summed E-state index contributed by atoms with van der Waals surface area (Å²) in [6.07, 6.45) is 0.125. The molecule has 0 saturated carbocycles. The van der Waals surface area contributed by atoms with Crippen LogP contribution in [-0.4, -0.2) is 29.2 Å². The third-order valence-electron chi connectivity index (χ3n) is 3.93. The minimum absolute atomic E-state index is 0.125. The highest BCUT2D eigenvalue weighted by molar-refractivity contribution is 5.96. The van der Waals surface area contributed by atoms with Gasteiger partial charge in [0, 0.05) is 17.4 Å². The topological polar surface area (TPSA) is 85.4 Å². The van der Waals surface area contributed by atoms with Crippen molar-refractivity contribution in [2.45, 2.75) is 26.9 Å². The SMILES string of the molecule is COC(=O)c1ccccc1Nc1nc(C)cc(Nc2ccc(OC(C)C)cc2)n1. The van der Waals surface area contributed by atoms with Gasteiger partial charge in [-0.3, -0.25) is 0 Å². The molecule has 2 aromatic carbocycles. The van der Waals surface area contributed by atoms with Gasteiger partial charge in [0.2, 0.25) is 5.95 Å². The Morgan fingerprint density at radius 1 is 1.00 bits per heavy atom. The number of methoxy groups -OCH3 is 1. The maximum atomic E-state index is 12.0. The second-order valence-corrected chi connectivity index (χ2v) is 6.70. The highest BCUT2D eigenvalue weighted by atomic mass is 16.5. The Morgan fingerprint density at radius 2 is 1.72 bits per heavy atom. The van der Waals surface area contributed by atoms with Crippen LogP contribution >= 0.6 is 0 Å². The summed E-state index contributed by atoms with van der Waals surface area (Å²) in [6, 6.07) is 16.6. The van der Waals surface area contributed by atoms with E-state index in [9.17, 15) is 4.79 Å². The molecule has 0 bridgehead atoms. The van der Waals surface area contributed by atoms with Crippen molar-refractivity contribution in [2.24, 2.45) is 0 Å². The molecule has 29 heavy (non-hydrogen) atoms. The summed E-state index contributed by atoms with van der Waals surface area (Å²) >= 11 is 0. The van der Waals surface area contributed by atoms with E-state index in [0.717, 1.165) is 17.1 Å². The number of rotatable bonds is 7. The molecule has 0 radical (unpaired) electrons. The van der Waals surface area contributed by atoms with Gasteiger partial charge in [-0.2, -0.15) is 4.98 Å². The van der Waals surface area contributed by atoms with Crippen molar-refractivity contribution >= 4 is 29.1 Å². The van der Waals surface area contributed by atoms with Crippen LogP contribution in [0.2, 0.25) is 0 Å². The zero-order valence-corrected chi connectivity index (χ0v) is 16.9. The molecule has 0 aliphatic carbocycles. The molecule has 0 aliphatic heterocycles. The number of carbonyl (C=O) groups is 1. The Labute approximate surface area is 170 Å². The van der Waals surface area contributed by atoms with E-state index in [4.69, 9.17) is 9.47 Å². The first-order chi connectivity index (χ1) is 13.9. The van der Waals surface area contributed by atoms with Crippen molar-refractivity contribution < 1.29 is 14.3 Å². The molecular weight excluding hydrogens is 368 g/mol. The zero-order chi connectivity index (χ0) is 20.8. The van der Waals surface area contributed by atoms with Gasteiger partial charge in [0.1, 0.15) is 11.6 Å². The van der Waals surface area contributed by atoms with Crippen LogP contribution in [0.15, 0.2) is 54.6 Å². The third-order valence-corrected chi connectivity index (χ3v) is 3.93. The van der Waals surface area contributed by atoms with Crippen LogP contribution in [0.25, 0.3) is 0 Å². The smallest absolute Gasteiger partial charge is 0.339 e. The standard InChI is InChI=1S/C22H24N4O3/c1-14(2)29-17-11-9-16(10-12-17)24-20-13-15(3)23-22(26-20)25-19-8-6-5-7-18(19)21(27)28-4/h5-14H,1-4H3,(H2,23,24,25,26). The van der Waals surface area contributed by atoms with Crippen molar-refractivity contribution in [3.63, 3.8) is 0 Å². The maximum absolute atomic E-state index is 12.0. The van der Waals surface area contributed by atoms with Gasteiger partial charge in [-0.1, -0.05) is 12.1 Å². The maximum Gasteiger partial charge on any atom is 0.339 e. The third kappa shape index (κ3) is 5.44. The second kappa shape index (κ2) is 9.05. The van der Waals surface area contributed by atoms with Crippen molar-refractivity contribution in [1.29, 1.82) is 0 Å². The van der Waals surface area contributed by atoms with E-state index in [2.05, 4.69) is 20.6 Å². The molecule has 1 aromatic heterocycles. The fourth-order valence-corrected chi connectivity index (χ4v) is 2.73. The van der Waals surface area contributed by atoms with Crippen LogP contribution < -0.4 is 15.4 Å². The molecule has 0 saturated heterocycles. The molecule has 1 heterocycles. The average molecular weight is 392 g/mol. The fourth-order valence-electron chi connectivity index (χ4n) is 2.73. The minimum atomic E-state index is -0.428. The van der Waals surface area contributed by atoms with E-state index in [1.807, 2.05) is 57.2 Å². The van der Waals surface area contributed by atoms with Crippen molar-refractivity contribution in [2.75, 3.05) is 17.7 Å². The lowest BCUT2D eigenvalue weighted by atomic mass is 10.2. The first kappa shape index (κ1) is 20.1. The minimum Gasteiger partial charge on any atom is -0.491 e. The van der Waals surface area contributed by atoms with E-state index < -0.39 is 5.97 Å². The summed E-state index contributed by atoms with van der Waals surface area (Å²) in [7, 11) is 1.35. The number of anilines is 4. The summed E-state index contributed by atoms with van der Waals surface area (Å²) in [5.74, 6) is 1.39. The van der Waals surface area contributed by atoms with E-state index in [0.29, 0.717) is 23.0 Å². The lowest BCUT2D eigenvalue weighted by Crippen LogP contribution is -2.08. The van der Waals surface area contributed by atoms with Gasteiger partial charge in [-0.05, 0) is 57.2 Å². The van der Waals surface area contributed by atoms with Gasteiger partial charge in [0.15, 0.2) is 0 Å². The molecular formula is C22H24N4O3. The lowest BCUT2D eigenvalue weighted by Gasteiger charge is -2.13. The van der Waals surface area contributed by atoms with E-state index in [1.165, 1.54) is 7.11 Å². The Morgan fingerprint density at radius 3 is 2.41 bits per heavy atom. The Balaban J connectivity index is 1.79. The van der Waals surface area contributed by atoms with Crippen LogP contribution in [0.3, 0.4) is 0 Å². The van der Waals surface area contributed by atoms with Gasteiger partial charge >= 0.3 is 5.97 Å². The van der Waals surface area contributed by atoms with E-state index in [-0.39, 0.29) is 6.10 Å². The van der Waals surface area contributed by atoms with Crippen molar-refractivity contribution in [3.8, 4) is 5.75 Å². The number of aryl methyl sites for hydroxylation is 1. The number of ether oxygens (including phenoxy) is 2. The Bertz CT molecular complexity index is 988. The molecule has 0 spiro atoms. The molecule has 0 fully saturated rings. The Kier molecular flexibility index (Phi) is 6.29. The van der Waals surface area contributed by atoms with E-state index in [1.54, 1.807) is 18.2 Å². The molecule has 3 rings (SSSR count). The van der Waals surface area contributed by atoms with Crippen molar-refractivity contribution in [3.05, 3.63) is 65.9 Å². The lowest BCUT2D eigenvalue weighted by molar-refractivity contribution is 0.0602. The molecule has 0 atom stereocenters. The van der Waals surface area contributed by atoms with Gasteiger partial charge in [-0.15, -0.1) is 0 Å². The van der Waals surface area contributed by atoms with E-state index >= 15 is 0 Å². The average Bonchev–Trinajstić information content (AvgIpc) is 2.68.